The van der Waals surface area contributed by atoms with Crippen molar-refractivity contribution in [3.63, 3.8) is 0 Å². The molecule has 0 bridgehead atoms. The lowest BCUT2D eigenvalue weighted by Gasteiger charge is -2.16. The summed E-state index contributed by atoms with van der Waals surface area (Å²) in [6.45, 7) is 4.01. The standard InChI is InChI=1S/C24H23ClN2O3/c1-16-8-11-20(25)14-22(16)27-23(28)17(2)30-21-12-9-19(10-13-21)24(29)26-15-18-6-4-3-5-7-18/h3-14,17H,15H2,1-2H3,(H,26,29)(H,27,28)/t17-/m0/s1. The van der Waals surface area contributed by atoms with Crippen LogP contribution >= 0.6 is 11.6 Å². The average molecular weight is 423 g/mol. The van der Waals surface area contributed by atoms with Crippen LogP contribution in [0, 0.1) is 6.92 Å². The zero-order valence-electron chi connectivity index (χ0n) is 16.8. The molecular formula is C24H23ClN2O3. The number of nitrogens with one attached hydrogen (secondary N) is 2. The Hall–Kier alpha value is -3.31. The molecule has 6 heteroatoms. The summed E-state index contributed by atoms with van der Waals surface area (Å²) in [5.74, 6) is 0.0396. The van der Waals surface area contributed by atoms with Gasteiger partial charge in [0.25, 0.3) is 11.8 Å². The highest BCUT2D eigenvalue weighted by atomic mass is 35.5. The lowest BCUT2D eigenvalue weighted by Crippen LogP contribution is -2.30. The van der Waals surface area contributed by atoms with Gasteiger partial charge in [-0.3, -0.25) is 9.59 Å². The normalized spacial score (nSPS) is 11.4. The first-order valence-corrected chi connectivity index (χ1v) is 9.96. The minimum absolute atomic E-state index is 0.173. The number of amides is 2. The Labute approximate surface area is 181 Å². The summed E-state index contributed by atoms with van der Waals surface area (Å²) in [5, 5.41) is 6.24. The minimum Gasteiger partial charge on any atom is -0.481 e. The van der Waals surface area contributed by atoms with Gasteiger partial charge in [-0.1, -0.05) is 48.0 Å². The minimum atomic E-state index is -0.721. The van der Waals surface area contributed by atoms with E-state index in [4.69, 9.17) is 16.3 Å². The van der Waals surface area contributed by atoms with Gasteiger partial charge in [-0.15, -0.1) is 0 Å². The molecule has 0 aliphatic heterocycles. The second-order valence-corrected chi connectivity index (χ2v) is 7.34. The molecule has 0 aliphatic rings. The number of benzene rings is 3. The molecule has 0 fully saturated rings. The molecule has 5 nitrogen and oxygen atoms in total. The Morgan fingerprint density at radius 1 is 1.00 bits per heavy atom. The number of carbonyl (C=O) groups is 2. The van der Waals surface area contributed by atoms with Gasteiger partial charge in [0.15, 0.2) is 6.10 Å². The van der Waals surface area contributed by atoms with Crippen molar-refractivity contribution in [2.75, 3.05) is 5.32 Å². The number of rotatable bonds is 7. The average Bonchev–Trinajstić information content (AvgIpc) is 2.75. The molecule has 0 aromatic heterocycles. The summed E-state index contributed by atoms with van der Waals surface area (Å²) in [6, 6.07) is 21.7. The van der Waals surface area contributed by atoms with Crippen molar-refractivity contribution in [3.8, 4) is 5.75 Å². The molecule has 0 saturated carbocycles. The number of halogens is 1. The maximum atomic E-state index is 12.4. The highest BCUT2D eigenvalue weighted by molar-refractivity contribution is 6.31. The van der Waals surface area contributed by atoms with Gasteiger partial charge in [-0.25, -0.2) is 0 Å². The van der Waals surface area contributed by atoms with Crippen LogP contribution in [0.2, 0.25) is 5.02 Å². The van der Waals surface area contributed by atoms with Crippen LogP contribution in [0.25, 0.3) is 0 Å². The van der Waals surface area contributed by atoms with Gasteiger partial charge in [-0.2, -0.15) is 0 Å². The number of ether oxygens (including phenoxy) is 1. The van der Waals surface area contributed by atoms with Crippen LogP contribution in [0.5, 0.6) is 5.75 Å². The quantitative estimate of drug-likeness (QED) is 0.564. The smallest absolute Gasteiger partial charge is 0.265 e. The van der Waals surface area contributed by atoms with Crippen molar-refractivity contribution < 1.29 is 14.3 Å². The van der Waals surface area contributed by atoms with E-state index >= 15 is 0 Å². The van der Waals surface area contributed by atoms with E-state index in [1.807, 2.05) is 43.3 Å². The highest BCUT2D eigenvalue weighted by Gasteiger charge is 2.16. The van der Waals surface area contributed by atoms with Crippen molar-refractivity contribution in [2.45, 2.75) is 26.5 Å². The monoisotopic (exact) mass is 422 g/mol. The third-order valence-corrected chi connectivity index (χ3v) is 4.79. The molecular weight excluding hydrogens is 400 g/mol. The first-order valence-electron chi connectivity index (χ1n) is 9.58. The van der Waals surface area contributed by atoms with E-state index in [9.17, 15) is 9.59 Å². The van der Waals surface area contributed by atoms with Crippen LogP contribution in [0.3, 0.4) is 0 Å². The number of carbonyl (C=O) groups excluding carboxylic acids is 2. The van der Waals surface area contributed by atoms with Gasteiger partial charge in [0, 0.05) is 22.8 Å². The van der Waals surface area contributed by atoms with Crippen LogP contribution in [-0.2, 0) is 11.3 Å². The lowest BCUT2D eigenvalue weighted by atomic mass is 10.2. The predicted octanol–water partition coefficient (Wildman–Crippen LogP) is 4.98. The number of hydrogen-bond acceptors (Lipinski definition) is 3. The van der Waals surface area contributed by atoms with Gasteiger partial charge in [0.1, 0.15) is 5.75 Å². The molecule has 0 radical (unpaired) electrons. The van der Waals surface area contributed by atoms with E-state index in [0.29, 0.717) is 28.6 Å². The number of anilines is 1. The van der Waals surface area contributed by atoms with Gasteiger partial charge < -0.3 is 15.4 Å². The van der Waals surface area contributed by atoms with E-state index in [-0.39, 0.29) is 11.8 Å². The van der Waals surface area contributed by atoms with Gasteiger partial charge in [-0.05, 0) is 61.4 Å². The molecule has 3 aromatic rings. The summed E-state index contributed by atoms with van der Waals surface area (Å²) in [6.07, 6.45) is -0.721. The van der Waals surface area contributed by atoms with Crippen molar-refractivity contribution in [1.29, 1.82) is 0 Å². The zero-order chi connectivity index (χ0) is 21.5. The van der Waals surface area contributed by atoms with Crippen LogP contribution < -0.4 is 15.4 Å². The van der Waals surface area contributed by atoms with E-state index in [0.717, 1.165) is 11.1 Å². The largest absolute Gasteiger partial charge is 0.481 e. The van der Waals surface area contributed by atoms with Crippen molar-refractivity contribution >= 4 is 29.1 Å². The Morgan fingerprint density at radius 2 is 1.70 bits per heavy atom. The van der Waals surface area contributed by atoms with E-state index in [2.05, 4.69) is 10.6 Å². The first-order chi connectivity index (χ1) is 14.4. The predicted molar refractivity (Wildman–Crippen MR) is 119 cm³/mol. The molecule has 1 atom stereocenters. The van der Waals surface area contributed by atoms with Gasteiger partial charge in [0.05, 0.1) is 0 Å². The molecule has 2 amide bonds. The summed E-state index contributed by atoms with van der Waals surface area (Å²) >= 11 is 5.99. The first kappa shape index (κ1) is 21.4. The Bertz CT molecular complexity index is 1020. The highest BCUT2D eigenvalue weighted by Crippen LogP contribution is 2.21. The summed E-state index contributed by atoms with van der Waals surface area (Å²) in [5.41, 5.74) is 3.10. The topological polar surface area (TPSA) is 67.4 Å². The zero-order valence-corrected chi connectivity index (χ0v) is 17.6. The molecule has 0 spiro atoms. The Balaban J connectivity index is 1.54. The third-order valence-electron chi connectivity index (χ3n) is 4.55. The van der Waals surface area contributed by atoms with Crippen LogP contribution in [0.1, 0.15) is 28.4 Å². The van der Waals surface area contributed by atoms with E-state index in [1.165, 1.54) is 0 Å². The number of aryl methyl sites for hydroxylation is 1. The molecule has 0 heterocycles. The van der Waals surface area contributed by atoms with Crippen molar-refractivity contribution in [3.05, 3.63) is 94.5 Å². The number of hydrogen-bond donors (Lipinski definition) is 2. The van der Waals surface area contributed by atoms with Crippen LogP contribution in [-0.4, -0.2) is 17.9 Å². The Kier molecular flexibility index (Phi) is 7.09. The second-order valence-electron chi connectivity index (χ2n) is 6.90. The lowest BCUT2D eigenvalue weighted by molar-refractivity contribution is -0.122. The van der Waals surface area contributed by atoms with E-state index in [1.54, 1.807) is 43.3 Å². The maximum Gasteiger partial charge on any atom is 0.265 e. The van der Waals surface area contributed by atoms with Gasteiger partial charge >= 0.3 is 0 Å². The molecule has 30 heavy (non-hydrogen) atoms. The molecule has 0 saturated heterocycles. The maximum absolute atomic E-state index is 12.4. The molecule has 0 unspecified atom stereocenters. The van der Waals surface area contributed by atoms with E-state index < -0.39 is 6.10 Å². The summed E-state index contributed by atoms with van der Waals surface area (Å²) < 4.78 is 5.71. The fraction of sp³-hybridized carbons (Fsp3) is 0.167. The SMILES string of the molecule is Cc1ccc(Cl)cc1NC(=O)[C@H](C)Oc1ccc(C(=O)NCc2ccccc2)cc1. The summed E-state index contributed by atoms with van der Waals surface area (Å²) in [7, 11) is 0. The van der Waals surface area contributed by atoms with Crippen LogP contribution in [0.15, 0.2) is 72.8 Å². The van der Waals surface area contributed by atoms with Crippen molar-refractivity contribution in [2.24, 2.45) is 0 Å². The Morgan fingerprint density at radius 3 is 2.40 bits per heavy atom. The van der Waals surface area contributed by atoms with Crippen LogP contribution in [0.4, 0.5) is 5.69 Å². The fourth-order valence-corrected chi connectivity index (χ4v) is 2.96. The molecule has 2 N–H and O–H groups in total. The van der Waals surface area contributed by atoms with Gasteiger partial charge in [0.2, 0.25) is 0 Å². The third kappa shape index (κ3) is 5.84. The molecule has 154 valence electrons. The molecule has 3 rings (SSSR count). The van der Waals surface area contributed by atoms with Crippen molar-refractivity contribution in [1.82, 2.24) is 5.32 Å². The second kappa shape index (κ2) is 9.94. The fourth-order valence-electron chi connectivity index (χ4n) is 2.79. The molecule has 0 aliphatic carbocycles. The summed E-state index contributed by atoms with van der Waals surface area (Å²) in [4.78, 5) is 24.7. The molecule has 3 aromatic carbocycles.